The fraction of sp³-hybridized carbons (Fsp3) is 0.909. The topological polar surface area (TPSA) is 41.6 Å². The molecule has 4 heteroatoms. The summed E-state index contributed by atoms with van der Waals surface area (Å²) >= 11 is 0. The van der Waals surface area contributed by atoms with E-state index in [-0.39, 0.29) is 12.5 Å². The molecule has 0 aromatic heterocycles. The molecule has 1 rings (SSSR count). The Labute approximate surface area is 92.0 Å². The van der Waals surface area contributed by atoms with Gasteiger partial charge in [0, 0.05) is 13.7 Å². The highest BCUT2D eigenvalue weighted by Gasteiger charge is 2.18. The highest BCUT2D eigenvalue weighted by molar-refractivity contribution is 5.77. The Morgan fingerprint density at radius 1 is 1.47 bits per heavy atom. The van der Waals surface area contributed by atoms with Gasteiger partial charge in [0.15, 0.2) is 0 Å². The van der Waals surface area contributed by atoms with Crippen molar-refractivity contribution in [2.24, 2.45) is 5.92 Å². The van der Waals surface area contributed by atoms with Gasteiger partial charge in [0.2, 0.25) is 5.91 Å². The second kappa shape index (κ2) is 6.80. The monoisotopic (exact) mass is 214 g/mol. The molecule has 0 radical (unpaired) electrons. The van der Waals surface area contributed by atoms with Gasteiger partial charge in [-0.1, -0.05) is 6.92 Å². The molecule has 0 saturated carbocycles. The summed E-state index contributed by atoms with van der Waals surface area (Å²) in [6, 6.07) is 0. The molecular weight excluding hydrogens is 192 g/mol. The van der Waals surface area contributed by atoms with Crippen LogP contribution >= 0.6 is 0 Å². The van der Waals surface area contributed by atoms with Crippen molar-refractivity contribution in [3.8, 4) is 0 Å². The van der Waals surface area contributed by atoms with Crippen LogP contribution in [0.2, 0.25) is 0 Å². The largest absolute Gasteiger partial charge is 0.375 e. The number of nitrogens with zero attached hydrogens (tertiary/aromatic N) is 1. The summed E-state index contributed by atoms with van der Waals surface area (Å²) in [6.45, 7) is 6.65. The Kier molecular flexibility index (Phi) is 5.65. The Bertz CT molecular complexity index is 189. The van der Waals surface area contributed by atoms with Gasteiger partial charge in [-0.15, -0.1) is 0 Å². The molecule has 1 aliphatic rings. The van der Waals surface area contributed by atoms with Crippen LogP contribution in [0.25, 0.3) is 0 Å². The number of carbonyl (C=O) groups excluding carboxylic acids is 1. The van der Waals surface area contributed by atoms with E-state index in [2.05, 4.69) is 17.1 Å². The van der Waals surface area contributed by atoms with Crippen molar-refractivity contribution >= 4 is 5.91 Å². The van der Waals surface area contributed by atoms with E-state index in [0.717, 1.165) is 13.1 Å². The molecule has 0 aliphatic carbocycles. The van der Waals surface area contributed by atoms with Crippen molar-refractivity contribution in [1.29, 1.82) is 0 Å². The van der Waals surface area contributed by atoms with Crippen molar-refractivity contribution in [2.45, 2.75) is 19.8 Å². The molecule has 1 N–H and O–H groups in total. The molecule has 0 atom stereocenters. The molecule has 1 fully saturated rings. The standard InChI is InChI=1S/C11H22N2O2/c1-3-13-6-4-10(5-7-13)8-12-11(14)9-15-2/h10H,3-9H2,1-2H3,(H,12,14). The summed E-state index contributed by atoms with van der Waals surface area (Å²) in [6.07, 6.45) is 2.39. The molecule has 0 aromatic carbocycles. The molecule has 1 saturated heterocycles. The minimum absolute atomic E-state index is 0.00424. The maximum Gasteiger partial charge on any atom is 0.245 e. The van der Waals surface area contributed by atoms with Crippen LogP contribution in [-0.2, 0) is 9.53 Å². The third-order valence-electron chi connectivity index (χ3n) is 3.02. The van der Waals surface area contributed by atoms with Crippen LogP contribution in [0, 0.1) is 5.92 Å². The lowest BCUT2D eigenvalue weighted by atomic mass is 9.97. The molecule has 1 heterocycles. The summed E-state index contributed by atoms with van der Waals surface area (Å²) < 4.78 is 4.76. The fourth-order valence-corrected chi connectivity index (χ4v) is 1.95. The van der Waals surface area contributed by atoms with Crippen molar-refractivity contribution < 1.29 is 9.53 Å². The number of carbonyl (C=O) groups is 1. The van der Waals surface area contributed by atoms with Crippen LogP contribution < -0.4 is 5.32 Å². The first-order valence-electron chi connectivity index (χ1n) is 5.74. The normalized spacial score (nSPS) is 19.1. The average molecular weight is 214 g/mol. The third kappa shape index (κ3) is 4.62. The number of methoxy groups -OCH3 is 1. The van der Waals surface area contributed by atoms with E-state index in [0.29, 0.717) is 5.92 Å². The number of rotatable bonds is 5. The molecule has 1 amide bonds. The average Bonchev–Trinajstić information content (AvgIpc) is 2.27. The summed E-state index contributed by atoms with van der Waals surface area (Å²) in [5.74, 6) is 0.643. The van der Waals surface area contributed by atoms with Gasteiger partial charge in [0.25, 0.3) is 0 Å². The van der Waals surface area contributed by atoms with E-state index < -0.39 is 0 Å². The number of hydrogen-bond acceptors (Lipinski definition) is 3. The first-order valence-corrected chi connectivity index (χ1v) is 5.74. The van der Waals surface area contributed by atoms with Crippen LogP contribution in [0.4, 0.5) is 0 Å². The number of ether oxygens (including phenoxy) is 1. The number of likely N-dealkylation sites (tertiary alicyclic amines) is 1. The van der Waals surface area contributed by atoms with Crippen LogP contribution in [0.3, 0.4) is 0 Å². The van der Waals surface area contributed by atoms with Crippen LogP contribution in [0.5, 0.6) is 0 Å². The first kappa shape index (κ1) is 12.5. The predicted octanol–water partition coefficient (Wildman–Crippen LogP) is 0.481. The molecule has 0 bridgehead atoms. The fourth-order valence-electron chi connectivity index (χ4n) is 1.95. The molecule has 0 aromatic rings. The molecule has 15 heavy (non-hydrogen) atoms. The highest BCUT2D eigenvalue weighted by Crippen LogP contribution is 2.15. The second-order valence-electron chi connectivity index (χ2n) is 4.11. The molecule has 88 valence electrons. The van der Waals surface area contributed by atoms with Gasteiger partial charge in [-0.2, -0.15) is 0 Å². The number of hydrogen-bond donors (Lipinski definition) is 1. The summed E-state index contributed by atoms with van der Waals surface area (Å²) in [5.41, 5.74) is 0. The lowest BCUT2D eigenvalue weighted by molar-refractivity contribution is -0.125. The molecular formula is C11H22N2O2. The summed E-state index contributed by atoms with van der Waals surface area (Å²) in [7, 11) is 1.54. The van der Waals surface area contributed by atoms with Gasteiger partial charge in [0.05, 0.1) is 0 Å². The van der Waals surface area contributed by atoms with Crippen LogP contribution in [-0.4, -0.2) is 50.7 Å². The number of piperidine rings is 1. The van der Waals surface area contributed by atoms with Gasteiger partial charge in [-0.25, -0.2) is 0 Å². The van der Waals surface area contributed by atoms with Gasteiger partial charge in [0.1, 0.15) is 6.61 Å². The zero-order valence-corrected chi connectivity index (χ0v) is 9.79. The van der Waals surface area contributed by atoms with Crippen LogP contribution in [0.1, 0.15) is 19.8 Å². The predicted molar refractivity (Wildman–Crippen MR) is 59.7 cm³/mol. The maximum absolute atomic E-state index is 11.2. The molecule has 0 unspecified atom stereocenters. The van der Waals surface area contributed by atoms with E-state index >= 15 is 0 Å². The molecule has 1 aliphatic heterocycles. The Balaban J connectivity index is 2.10. The Morgan fingerprint density at radius 2 is 2.13 bits per heavy atom. The van der Waals surface area contributed by atoms with Crippen molar-refractivity contribution in [3.05, 3.63) is 0 Å². The van der Waals surface area contributed by atoms with Crippen molar-refractivity contribution in [2.75, 3.05) is 39.9 Å². The van der Waals surface area contributed by atoms with E-state index in [4.69, 9.17) is 4.74 Å². The number of nitrogens with one attached hydrogen (secondary N) is 1. The van der Waals surface area contributed by atoms with Crippen molar-refractivity contribution in [1.82, 2.24) is 10.2 Å². The van der Waals surface area contributed by atoms with Crippen LogP contribution in [0.15, 0.2) is 0 Å². The first-order chi connectivity index (χ1) is 7.26. The Morgan fingerprint density at radius 3 is 2.67 bits per heavy atom. The maximum atomic E-state index is 11.2. The van der Waals surface area contributed by atoms with E-state index in [9.17, 15) is 4.79 Å². The zero-order valence-electron chi connectivity index (χ0n) is 9.79. The SMILES string of the molecule is CCN1CCC(CNC(=O)COC)CC1. The van der Waals surface area contributed by atoms with E-state index in [1.807, 2.05) is 0 Å². The Hall–Kier alpha value is -0.610. The van der Waals surface area contributed by atoms with Gasteiger partial charge in [-0.05, 0) is 38.4 Å². The van der Waals surface area contributed by atoms with E-state index in [1.54, 1.807) is 7.11 Å². The molecule has 4 nitrogen and oxygen atoms in total. The van der Waals surface area contributed by atoms with Gasteiger partial charge < -0.3 is 15.0 Å². The lowest BCUT2D eigenvalue weighted by Crippen LogP contribution is -2.39. The van der Waals surface area contributed by atoms with Crippen molar-refractivity contribution in [3.63, 3.8) is 0 Å². The zero-order chi connectivity index (χ0) is 11.1. The minimum atomic E-state index is -0.00424. The van der Waals surface area contributed by atoms with Gasteiger partial charge >= 0.3 is 0 Å². The summed E-state index contributed by atoms with van der Waals surface area (Å²) in [5, 5.41) is 2.90. The highest BCUT2D eigenvalue weighted by atomic mass is 16.5. The smallest absolute Gasteiger partial charge is 0.245 e. The molecule has 0 spiro atoms. The lowest BCUT2D eigenvalue weighted by Gasteiger charge is -2.30. The van der Waals surface area contributed by atoms with E-state index in [1.165, 1.54) is 25.9 Å². The minimum Gasteiger partial charge on any atom is -0.375 e. The quantitative estimate of drug-likeness (QED) is 0.724. The second-order valence-corrected chi connectivity index (χ2v) is 4.11. The number of amides is 1. The van der Waals surface area contributed by atoms with Gasteiger partial charge in [-0.3, -0.25) is 4.79 Å². The summed E-state index contributed by atoms with van der Waals surface area (Å²) in [4.78, 5) is 13.6. The third-order valence-corrected chi connectivity index (χ3v) is 3.02.